The monoisotopic (exact) mass is 422 g/mol. The maximum atomic E-state index is 12.5. The van der Waals surface area contributed by atoms with Crippen molar-refractivity contribution < 1.29 is 14.3 Å². The summed E-state index contributed by atoms with van der Waals surface area (Å²) in [5.41, 5.74) is 1.15. The van der Waals surface area contributed by atoms with E-state index in [1.165, 1.54) is 0 Å². The van der Waals surface area contributed by atoms with Crippen molar-refractivity contribution in [1.29, 1.82) is 0 Å². The molecule has 0 saturated carbocycles. The summed E-state index contributed by atoms with van der Waals surface area (Å²) in [6.07, 6.45) is -0.0444. The van der Waals surface area contributed by atoms with Crippen molar-refractivity contribution in [2.45, 2.75) is 20.0 Å². The summed E-state index contributed by atoms with van der Waals surface area (Å²) >= 11 is 8.58. The third-order valence-electron chi connectivity index (χ3n) is 3.12. The number of benzene rings is 2. The van der Waals surface area contributed by atoms with Crippen LogP contribution in [0.5, 0.6) is 11.5 Å². The molecule has 2 N–H and O–H groups in total. The second kappa shape index (κ2) is 8.82. The Hall–Kier alpha value is -2.12. The fraction of sp³-hybridized carbons (Fsp3) is 0.222. The number of nitrogens with one attached hydrogen (secondary N) is 2. The van der Waals surface area contributed by atoms with Crippen LogP contribution in [-0.4, -0.2) is 24.2 Å². The van der Waals surface area contributed by atoms with Gasteiger partial charge >= 0.3 is 0 Å². The minimum absolute atomic E-state index is 0.0444. The Bertz CT molecular complexity index is 763. The molecule has 5 nitrogen and oxygen atoms in total. The van der Waals surface area contributed by atoms with Gasteiger partial charge in [0.1, 0.15) is 11.5 Å². The Kier molecular flexibility index (Phi) is 6.78. The number of anilines is 1. The number of halogens is 1. The van der Waals surface area contributed by atoms with E-state index in [0.717, 1.165) is 15.9 Å². The van der Waals surface area contributed by atoms with E-state index in [-0.39, 0.29) is 17.1 Å². The molecule has 7 heteroatoms. The Morgan fingerprint density at radius 3 is 2.44 bits per heavy atom. The number of ether oxygens (including phenoxy) is 2. The Labute approximate surface area is 160 Å². The van der Waals surface area contributed by atoms with Crippen molar-refractivity contribution >= 4 is 44.9 Å². The molecule has 2 rings (SSSR count). The molecule has 0 heterocycles. The number of methoxy groups -OCH3 is 1. The molecule has 0 aromatic heterocycles. The van der Waals surface area contributed by atoms with Crippen molar-refractivity contribution in [2.24, 2.45) is 0 Å². The number of hydrogen-bond acceptors (Lipinski definition) is 4. The van der Waals surface area contributed by atoms with Crippen LogP contribution in [0.25, 0.3) is 0 Å². The van der Waals surface area contributed by atoms with Gasteiger partial charge in [0.05, 0.1) is 18.8 Å². The zero-order chi connectivity index (χ0) is 18.4. The van der Waals surface area contributed by atoms with Crippen molar-refractivity contribution in [2.75, 3.05) is 12.4 Å². The van der Waals surface area contributed by atoms with Crippen LogP contribution >= 0.6 is 28.1 Å². The third-order valence-corrected chi connectivity index (χ3v) is 3.82. The molecule has 1 amide bonds. The van der Waals surface area contributed by atoms with Gasteiger partial charge in [0.25, 0.3) is 5.91 Å². The molecule has 0 aliphatic rings. The van der Waals surface area contributed by atoms with Crippen LogP contribution in [0.3, 0.4) is 0 Å². The number of carbonyl (C=O) groups excluding carboxylic acids is 1. The average molecular weight is 423 g/mol. The van der Waals surface area contributed by atoms with Gasteiger partial charge < -0.3 is 14.8 Å². The summed E-state index contributed by atoms with van der Waals surface area (Å²) in [5.74, 6) is 0.899. The first-order valence-corrected chi connectivity index (χ1v) is 8.81. The molecule has 0 atom stereocenters. The Balaban J connectivity index is 2.07. The normalized spacial score (nSPS) is 10.3. The molecule has 0 aliphatic carbocycles. The van der Waals surface area contributed by atoms with Crippen LogP contribution in [-0.2, 0) is 0 Å². The zero-order valence-corrected chi connectivity index (χ0v) is 16.5. The number of rotatable bonds is 5. The highest BCUT2D eigenvalue weighted by molar-refractivity contribution is 9.10. The van der Waals surface area contributed by atoms with Gasteiger partial charge in [0.2, 0.25) is 0 Å². The SMILES string of the molecule is COc1ccc(NC(=S)NC(=O)c2cc(Br)ccc2OC(C)C)cc1. The molecular formula is C18H19BrN2O3S. The van der Waals surface area contributed by atoms with Gasteiger partial charge in [0.15, 0.2) is 5.11 Å². The van der Waals surface area contributed by atoms with Crippen molar-refractivity contribution in [1.82, 2.24) is 5.32 Å². The summed E-state index contributed by atoms with van der Waals surface area (Å²) in [6, 6.07) is 12.5. The molecule has 132 valence electrons. The average Bonchev–Trinajstić information content (AvgIpc) is 2.56. The van der Waals surface area contributed by atoms with E-state index in [1.807, 2.05) is 32.0 Å². The maximum absolute atomic E-state index is 12.5. The molecule has 0 saturated heterocycles. The van der Waals surface area contributed by atoms with Gasteiger partial charge in [-0.15, -0.1) is 0 Å². The lowest BCUT2D eigenvalue weighted by molar-refractivity contribution is 0.0972. The summed E-state index contributed by atoms with van der Waals surface area (Å²) in [5, 5.41) is 5.82. The van der Waals surface area contributed by atoms with Gasteiger partial charge in [-0.05, 0) is 68.5 Å². The van der Waals surface area contributed by atoms with Gasteiger partial charge in [0, 0.05) is 10.2 Å². The van der Waals surface area contributed by atoms with Crippen molar-refractivity contribution in [3.8, 4) is 11.5 Å². The van der Waals surface area contributed by atoms with E-state index in [0.29, 0.717) is 11.3 Å². The smallest absolute Gasteiger partial charge is 0.261 e. The molecule has 0 bridgehead atoms. The summed E-state index contributed by atoms with van der Waals surface area (Å²) in [4.78, 5) is 12.5. The van der Waals surface area contributed by atoms with Crippen molar-refractivity contribution in [3.05, 3.63) is 52.5 Å². The second-order valence-corrected chi connectivity index (χ2v) is 6.77. The molecule has 0 fully saturated rings. The number of hydrogen-bond donors (Lipinski definition) is 2. The van der Waals surface area contributed by atoms with E-state index >= 15 is 0 Å². The lowest BCUT2D eigenvalue weighted by Crippen LogP contribution is -2.34. The molecule has 2 aromatic carbocycles. The quantitative estimate of drug-likeness (QED) is 0.700. The third kappa shape index (κ3) is 5.72. The first-order valence-electron chi connectivity index (χ1n) is 7.61. The first-order chi connectivity index (χ1) is 11.9. The topological polar surface area (TPSA) is 59.6 Å². The van der Waals surface area contributed by atoms with Crippen LogP contribution in [0.1, 0.15) is 24.2 Å². The molecular weight excluding hydrogens is 404 g/mol. The number of thiocarbonyl (C=S) groups is 1. The number of carbonyl (C=O) groups is 1. The van der Waals surface area contributed by atoms with Gasteiger partial charge in [-0.25, -0.2) is 0 Å². The minimum Gasteiger partial charge on any atom is -0.497 e. The highest BCUT2D eigenvalue weighted by atomic mass is 79.9. The predicted octanol–water partition coefficient (Wildman–Crippen LogP) is 4.37. The first kappa shape index (κ1) is 19.2. The summed E-state index contributed by atoms with van der Waals surface area (Å²) in [6.45, 7) is 3.80. The largest absolute Gasteiger partial charge is 0.497 e. The zero-order valence-electron chi connectivity index (χ0n) is 14.1. The fourth-order valence-corrected chi connectivity index (χ4v) is 2.62. The van der Waals surface area contributed by atoms with E-state index in [1.54, 1.807) is 31.4 Å². The van der Waals surface area contributed by atoms with Crippen LogP contribution in [0.2, 0.25) is 0 Å². The standard InChI is InChI=1S/C18H19BrN2O3S/c1-11(2)24-16-9-4-12(19)10-15(16)17(22)21-18(25)20-13-5-7-14(23-3)8-6-13/h4-11H,1-3H3,(H2,20,21,22,25). The molecule has 0 aliphatic heterocycles. The molecule has 0 unspecified atom stereocenters. The Morgan fingerprint density at radius 1 is 1.16 bits per heavy atom. The van der Waals surface area contributed by atoms with Crippen LogP contribution in [0.4, 0.5) is 5.69 Å². The second-order valence-electron chi connectivity index (χ2n) is 5.44. The highest BCUT2D eigenvalue weighted by Gasteiger charge is 2.15. The summed E-state index contributed by atoms with van der Waals surface area (Å²) < 4.78 is 11.6. The number of amides is 1. The molecule has 0 radical (unpaired) electrons. The molecule has 25 heavy (non-hydrogen) atoms. The molecule has 2 aromatic rings. The Morgan fingerprint density at radius 2 is 1.84 bits per heavy atom. The fourth-order valence-electron chi connectivity index (χ4n) is 2.04. The van der Waals surface area contributed by atoms with Crippen LogP contribution < -0.4 is 20.1 Å². The summed E-state index contributed by atoms with van der Waals surface area (Å²) in [7, 11) is 1.60. The van der Waals surface area contributed by atoms with E-state index < -0.39 is 0 Å². The van der Waals surface area contributed by atoms with Crippen LogP contribution in [0.15, 0.2) is 46.9 Å². The van der Waals surface area contributed by atoms with E-state index in [4.69, 9.17) is 21.7 Å². The highest BCUT2D eigenvalue weighted by Crippen LogP contribution is 2.24. The predicted molar refractivity (Wildman–Crippen MR) is 107 cm³/mol. The minimum atomic E-state index is -0.344. The lowest BCUT2D eigenvalue weighted by atomic mass is 10.2. The van der Waals surface area contributed by atoms with Gasteiger partial charge in [-0.2, -0.15) is 0 Å². The van der Waals surface area contributed by atoms with Crippen molar-refractivity contribution in [3.63, 3.8) is 0 Å². The van der Waals surface area contributed by atoms with Crippen LogP contribution in [0, 0.1) is 0 Å². The lowest BCUT2D eigenvalue weighted by Gasteiger charge is -2.15. The van der Waals surface area contributed by atoms with E-state index in [2.05, 4.69) is 26.6 Å². The molecule has 0 spiro atoms. The van der Waals surface area contributed by atoms with Gasteiger partial charge in [-0.1, -0.05) is 15.9 Å². The van der Waals surface area contributed by atoms with E-state index in [9.17, 15) is 4.79 Å². The van der Waals surface area contributed by atoms with Gasteiger partial charge in [-0.3, -0.25) is 10.1 Å². The maximum Gasteiger partial charge on any atom is 0.261 e.